The van der Waals surface area contributed by atoms with Crippen molar-refractivity contribution in [2.75, 3.05) is 6.61 Å². The molecule has 4 nitrogen and oxygen atoms in total. The van der Waals surface area contributed by atoms with Crippen molar-refractivity contribution >= 4 is 12.4 Å². The van der Waals surface area contributed by atoms with Crippen LogP contribution in [0.4, 0.5) is 0 Å². The molecule has 2 aromatic rings. The minimum Gasteiger partial charge on any atom is -0.494 e. The molecule has 0 unspecified atom stereocenters. The van der Waals surface area contributed by atoms with Crippen molar-refractivity contribution in [2.45, 2.75) is 13.5 Å². The molecule has 5 heteroatoms. The summed E-state index contributed by atoms with van der Waals surface area (Å²) in [5.41, 5.74) is 6.56. The lowest BCUT2D eigenvalue weighted by atomic mass is 10.3. The molecule has 0 saturated carbocycles. The van der Waals surface area contributed by atoms with E-state index < -0.39 is 0 Å². The van der Waals surface area contributed by atoms with Crippen molar-refractivity contribution in [3.63, 3.8) is 0 Å². The van der Waals surface area contributed by atoms with Gasteiger partial charge in [0.15, 0.2) is 0 Å². The van der Waals surface area contributed by atoms with E-state index in [1.54, 1.807) is 6.20 Å². The quantitative estimate of drug-likeness (QED) is 0.914. The molecule has 1 heterocycles. The Morgan fingerprint density at radius 2 is 1.79 bits per heavy atom. The van der Waals surface area contributed by atoms with Gasteiger partial charge in [0.25, 0.3) is 0 Å². The molecule has 0 saturated heterocycles. The number of hydrogen-bond donors (Lipinski definition) is 1. The van der Waals surface area contributed by atoms with Crippen LogP contribution in [0, 0.1) is 0 Å². The van der Waals surface area contributed by atoms with E-state index in [1.807, 2.05) is 43.3 Å². The molecule has 0 aliphatic rings. The summed E-state index contributed by atoms with van der Waals surface area (Å²) in [4.78, 5) is 4.13. The molecule has 102 valence electrons. The molecule has 0 aliphatic carbocycles. The first-order chi connectivity index (χ1) is 8.81. The fourth-order valence-electron chi connectivity index (χ4n) is 1.52. The molecule has 0 fully saturated rings. The molecular weight excluding hydrogens is 264 g/mol. The average molecular weight is 281 g/mol. The van der Waals surface area contributed by atoms with E-state index in [0.717, 1.165) is 17.1 Å². The van der Waals surface area contributed by atoms with Crippen molar-refractivity contribution < 1.29 is 9.47 Å². The van der Waals surface area contributed by atoms with Crippen molar-refractivity contribution in [1.29, 1.82) is 0 Å². The average Bonchev–Trinajstić information content (AvgIpc) is 2.42. The zero-order valence-electron chi connectivity index (χ0n) is 10.7. The van der Waals surface area contributed by atoms with Crippen molar-refractivity contribution in [3.05, 3.63) is 48.2 Å². The Labute approximate surface area is 119 Å². The van der Waals surface area contributed by atoms with Crippen LogP contribution < -0.4 is 15.2 Å². The highest BCUT2D eigenvalue weighted by Crippen LogP contribution is 2.22. The van der Waals surface area contributed by atoms with Crippen LogP contribution in [0.5, 0.6) is 17.4 Å². The number of rotatable bonds is 5. The molecule has 0 amide bonds. The van der Waals surface area contributed by atoms with Crippen LogP contribution in [0.2, 0.25) is 0 Å². The minimum atomic E-state index is 0. The van der Waals surface area contributed by atoms with E-state index in [1.165, 1.54) is 0 Å². The van der Waals surface area contributed by atoms with Crippen LogP contribution in [0.25, 0.3) is 0 Å². The fourth-order valence-corrected chi connectivity index (χ4v) is 1.52. The largest absolute Gasteiger partial charge is 0.494 e. The molecule has 0 bridgehead atoms. The normalized spacial score (nSPS) is 9.58. The van der Waals surface area contributed by atoms with Crippen LogP contribution in [0.15, 0.2) is 42.6 Å². The van der Waals surface area contributed by atoms with Gasteiger partial charge >= 0.3 is 0 Å². The summed E-state index contributed by atoms with van der Waals surface area (Å²) in [6.45, 7) is 3.08. The lowest BCUT2D eigenvalue weighted by Crippen LogP contribution is -1.97. The highest BCUT2D eigenvalue weighted by molar-refractivity contribution is 5.85. The molecule has 0 radical (unpaired) electrons. The van der Waals surface area contributed by atoms with Crippen molar-refractivity contribution in [1.82, 2.24) is 4.98 Å². The molecule has 2 N–H and O–H groups in total. The Hall–Kier alpha value is -1.78. The highest BCUT2D eigenvalue weighted by atomic mass is 35.5. The smallest absolute Gasteiger partial charge is 0.219 e. The van der Waals surface area contributed by atoms with Gasteiger partial charge < -0.3 is 15.2 Å². The molecule has 19 heavy (non-hydrogen) atoms. The number of ether oxygens (including phenoxy) is 2. The standard InChI is InChI=1S/C14H16N2O2.ClH/c1-2-17-12-3-5-13(6-4-12)18-14-9-11(10-15)7-8-16-14;/h3-9H,2,10,15H2,1H3;1H. The van der Waals surface area contributed by atoms with Gasteiger partial charge in [-0.2, -0.15) is 0 Å². The zero-order chi connectivity index (χ0) is 12.8. The van der Waals surface area contributed by atoms with Crippen LogP contribution in [-0.4, -0.2) is 11.6 Å². The van der Waals surface area contributed by atoms with Gasteiger partial charge in [0, 0.05) is 18.8 Å². The third kappa shape index (κ3) is 4.43. The van der Waals surface area contributed by atoms with Crippen LogP contribution in [-0.2, 0) is 6.54 Å². The van der Waals surface area contributed by atoms with E-state index >= 15 is 0 Å². The van der Waals surface area contributed by atoms with Crippen LogP contribution in [0.1, 0.15) is 12.5 Å². The van der Waals surface area contributed by atoms with Gasteiger partial charge in [-0.05, 0) is 42.8 Å². The van der Waals surface area contributed by atoms with E-state index in [0.29, 0.717) is 19.0 Å². The Balaban J connectivity index is 0.00000180. The zero-order valence-corrected chi connectivity index (χ0v) is 11.5. The first-order valence-electron chi connectivity index (χ1n) is 5.87. The highest BCUT2D eigenvalue weighted by Gasteiger charge is 2.00. The summed E-state index contributed by atoms with van der Waals surface area (Å²) < 4.78 is 11.0. The maximum Gasteiger partial charge on any atom is 0.219 e. The van der Waals surface area contributed by atoms with Crippen LogP contribution >= 0.6 is 12.4 Å². The lowest BCUT2D eigenvalue weighted by molar-refractivity contribution is 0.339. The molecular formula is C14H17ClN2O2. The maximum atomic E-state index is 5.63. The third-order valence-electron chi connectivity index (χ3n) is 2.39. The first kappa shape index (κ1) is 15.3. The Bertz CT molecular complexity index is 503. The Morgan fingerprint density at radius 3 is 2.42 bits per heavy atom. The summed E-state index contributed by atoms with van der Waals surface area (Å²) in [6.07, 6.45) is 1.69. The van der Waals surface area contributed by atoms with Crippen molar-refractivity contribution in [2.24, 2.45) is 5.73 Å². The van der Waals surface area contributed by atoms with Gasteiger partial charge in [-0.25, -0.2) is 4.98 Å². The molecule has 1 aromatic carbocycles. The number of nitrogens with two attached hydrogens (primary N) is 1. The molecule has 1 aromatic heterocycles. The van der Waals surface area contributed by atoms with Gasteiger partial charge in [0.05, 0.1) is 6.61 Å². The number of nitrogens with zero attached hydrogens (tertiary/aromatic N) is 1. The third-order valence-corrected chi connectivity index (χ3v) is 2.39. The van der Waals surface area contributed by atoms with Gasteiger partial charge in [0.2, 0.25) is 5.88 Å². The number of pyridine rings is 1. The van der Waals surface area contributed by atoms with Gasteiger partial charge in [-0.1, -0.05) is 0 Å². The second kappa shape index (κ2) is 7.61. The first-order valence-corrected chi connectivity index (χ1v) is 5.87. The van der Waals surface area contributed by atoms with Gasteiger partial charge in [-0.15, -0.1) is 12.4 Å². The minimum absolute atomic E-state index is 0. The summed E-state index contributed by atoms with van der Waals surface area (Å²) >= 11 is 0. The predicted octanol–water partition coefficient (Wildman–Crippen LogP) is 3.15. The number of benzene rings is 1. The van der Waals surface area contributed by atoms with Crippen LogP contribution in [0.3, 0.4) is 0 Å². The lowest BCUT2D eigenvalue weighted by Gasteiger charge is -2.07. The van der Waals surface area contributed by atoms with Gasteiger partial charge in [0.1, 0.15) is 11.5 Å². The topological polar surface area (TPSA) is 57.4 Å². The summed E-state index contributed by atoms with van der Waals surface area (Å²) in [7, 11) is 0. The van der Waals surface area contributed by atoms with Gasteiger partial charge in [-0.3, -0.25) is 0 Å². The molecule has 0 atom stereocenters. The predicted molar refractivity (Wildman–Crippen MR) is 77.1 cm³/mol. The molecule has 0 aliphatic heterocycles. The summed E-state index contributed by atoms with van der Waals surface area (Å²) in [5, 5.41) is 0. The SMILES string of the molecule is CCOc1ccc(Oc2cc(CN)ccn2)cc1.Cl. The summed E-state index contributed by atoms with van der Waals surface area (Å²) in [5.74, 6) is 2.09. The fraction of sp³-hybridized carbons (Fsp3) is 0.214. The van der Waals surface area contributed by atoms with Crippen molar-refractivity contribution in [3.8, 4) is 17.4 Å². The molecule has 0 spiro atoms. The Morgan fingerprint density at radius 1 is 1.11 bits per heavy atom. The summed E-state index contributed by atoms with van der Waals surface area (Å²) in [6, 6.07) is 11.1. The molecule has 2 rings (SSSR count). The second-order valence-electron chi connectivity index (χ2n) is 3.71. The number of hydrogen-bond acceptors (Lipinski definition) is 4. The monoisotopic (exact) mass is 280 g/mol. The number of aromatic nitrogens is 1. The second-order valence-corrected chi connectivity index (χ2v) is 3.71. The van der Waals surface area contributed by atoms with E-state index in [9.17, 15) is 0 Å². The van der Waals surface area contributed by atoms with E-state index in [4.69, 9.17) is 15.2 Å². The number of halogens is 1. The maximum absolute atomic E-state index is 5.63. The van der Waals surface area contributed by atoms with E-state index in [2.05, 4.69) is 4.98 Å². The van der Waals surface area contributed by atoms with E-state index in [-0.39, 0.29) is 12.4 Å². The Kier molecular flexibility index (Phi) is 6.12.